The number of aromatic nitrogens is 1. The molecule has 8 heteroatoms. The van der Waals surface area contributed by atoms with E-state index >= 15 is 0 Å². The number of carboxylic acid groups (broad SMARTS) is 1. The number of carbonyl (C=O) groups excluding carboxylic acids is 1. The summed E-state index contributed by atoms with van der Waals surface area (Å²) in [5, 5.41) is 13.9. The third-order valence-electron chi connectivity index (χ3n) is 3.94. The molecule has 0 atom stereocenters. The van der Waals surface area contributed by atoms with Crippen LogP contribution in [-0.4, -0.2) is 56.0 Å². The van der Waals surface area contributed by atoms with E-state index in [4.69, 9.17) is 4.74 Å². The highest BCUT2D eigenvalue weighted by atomic mass is 16.5. The molecule has 0 aliphatic rings. The number of carboxylic acids is 1. The van der Waals surface area contributed by atoms with Crippen molar-refractivity contribution in [3.63, 3.8) is 0 Å². The average Bonchev–Trinajstić information content (AvgIpc) is 2.61. The number of aromatic carboxylic acids is 1. The molecule has 0 saturated heterocycles. The van der Waals surface area contributed by atoms with E-state index in [2.05, 4.69) is 5.32 Å². The summed E-state index contributed by atoms with van der Waals surface area (Å²) in [6.45, 7) is 1.46. The molecular weight excluding hydrogens is 338 g/mol. The molecule has 0 aliphatic carbocycles. The smallest absolute Gasteiger partial charge is 0.341 e. The number of nitrogens with one attached hydrogen (secondary N) is 1. The lowest BCUT2D eigenvalue weighted by atomic mass is 10.0. The minimum absolute atomic E-state index is 0.255. The van der Waals surface area contributed by atoms with Gasteiger partial charge in [0, 0.05) is 38.8 Å². The van der Waals surface area contributed by atoms with Gasteiger partial charge >= 0.3 is 5.97 Å². The maximum atomic E-state index is 12.5. The Balaban J connectivity index is 2.18. The van der Waals surface area contributed by atoms with Gasteiger partial charge in [-0.05, 0) is 30.5 Å². The lowest BCUT2D eigenvalue weighted by Crippen LogP contribution is -2.29. The number of amides is 1. The van der Waals surface area contributed by atoms with Gasteiger partial charge in [-0.25, -0.2) is 4.79 Å². The van der Waals surface area contributed by atoms with Crippen molar-refractivity contribution in [2.45, 2.75) is 12.8 Å². The molecule has 0 spiro atoms. The molecule has 1 aromatic carbocycles. The van der Waals surface area contributed by atoms with Crippen molar-refractivity contribution in [3.05, 3.63) is 45.7 Å². The number of nitrogens with zero attached hydrogens (tertiary/aromatic N) is 2. The van der Waals surface area contributed by atoms with E-state index in [1.54, 1.807) is 29.8 Å². The molecule has 0 radical (unpaired) electrons. The number of ether oxygens (including phenoxy) is 1. The molecule has 8 nitrogen and oxygen atoms in total. The zero-order valence-corrected chi connectivity index (χ0v) is 14.9. The second kappa shape index (κ2) is 9.00. The highest BCUT2D eigenvalue weighted by Crippen LogP contribution is 2.16. The van der Waals surface area contributed by atoms with E-state index in [-0.39, 0.29) is 5.56 Å². The summed E-state index contributed by atoms with van der Waals surface area (Å²) in [7, 11) is 3.56. The number of hydrogen-bond donors (Lipinski definition) is 2. The zero-order valence-electron chi connectivity index (χ0n) is 14.9. The summed E-state index contributed by atoms with van der Waals surface area (Å²) in [5.74, 6) is -1.24. The van der Waals surface area contributed by atoms with E-state index < -0.39 is 11.4 Å². The van der Waals surface area contributed by atoms with Gasteiger partial charge in [-0.1, -0.05) is 6.07 Å². The number of carbonyl (C=O) groups is 2. The van der Waals surface area contributed by atoms with Crippen molar-refractivity contribution >= 4 is 23.3 Å². The van der Waals surface area contributed by atoms with Gasteiger partial charge in [0.2, 0.25) is 11.8 Å². The summed E-state index contributed by atoms with van der Waals surface area (Å²) < 4.78 is 7.04. The van der Waals surface area contributed by atoms with Gasteiger partial charge in [-0.15, -0.1) is 0 Å². The second-order valence-corrected chi connectivity index (χ2v) is 6.01. The van der Waals surface area contributed by atoms with Crippen LogP contribution in [0, 0.1) is 0 Å². The number of hydrogen-bond acceptors (Lipinski definition) is 5. The first-order valence-electron chi connectivity index (χ1n) is 8.29. The average molecular weight is 361 g/mol. The first kappa shape index (κ1) is 19.5. The molecule has 0 aliphatic heterocycles. The van der Waals surface area contributed by atoms with E-state index in [0.717, 1.165) is 12.0 Å². The highest BCUT2D eigenvalue weighted by molar-refractivity contribution is 5.92. The molecule has 0 unspecified atom stereocenters. The van der Waals surface area contributed by atoms with Crippen LogP contribution in [0.4, 0.5) is 0 Å². The van der Waals surface area contributed by atoms with Gasteiger partial charge in [-0.3, -0.25) is 14.3 Å². The van der Waals surface area contributed by atoms with Crippen LogP contribution in [0.2, 0.25) is 0 Å². The molecule has 2 rings (SSSR count). The number of benzene rings is 1. The van der Waals surface area contributed by atoms with Crippen molar-refractivity contribution in [2.24, 2.45) is 0 Å². The first-order valence-corrected chi connectivity index (χ1v) is 8.29. The fraction of sp³-hybridized carbons (Fsp3) is 0.389. The number of fused-ring (bicyclic) bond motifs is 1. The summed E-state index contributed by atoms with van der Waals surface area (Å²) in [6.07, 6.45) is 3.43. The maximum Gasteiger partial charge on any atom is 0.341 e. The van der Waals surface area contributed by atoms with Gasteiger partial charge in [0.05, 0.1) is 12.1 Å². The maximum absolute atomic E-state index is 12.5. The number of pyridine rings is 1. The molecule has 2 N–H and O–H groups in total. The second-order valence-electron chi connectivity index (χ2n) is 6.01. The Kier molecular flexibility index (Phi) is 6.74. The Morgan fingerprint density at radius 2 is 2.12 bits per heavy atom. The van der Waals surface area contributed by atoms with Crippen molar-refractivity contribution in [1.82, 2.24) is 9.99 Å². The Hall–Kier alpha value is -2.87. The van der Waals surface area contributed by atoms with Crippen LogP contribution in [0.1, 0.15) is 22.3 Å². The van der Waals surface area contributed by atoms with Crippen LogP contribution in [0.15, 0.2) is 29.2 Å². The first-order chi connectivity index (χ1) is 12.5. The molecule has 1 aromatic heterocycles. The highest BCUT2D eigenvalue weighted by Gasteiger charge is 2.15. The summed E-state index contributed by atoms with van der Waals surface area (Å²) in [6, 6.07) is 5.50. The van der Waals surface area contributed by atoms with Gasteiger partial charge in [0.15, 0.2) is 0 Å². The van der Waals surface area contributed by atoms with Crippen LogP contribution in [-0.2, 0) is 16.0 Å². The largest absolute Gasteiger partial charge is 0.477 e. The van der Waals surface area contributed by atoms with E-state index in [1.165, 1.54) is 6.20 Å². The van der Waals surface area contributed by atoms with Gasteiger partial charge in [0.1, 0.15) is 5.56 Å². The Morgan fingerprint density at radius 1 is 1.35 bits per heavy atom. The van der Waals surface area contributed by atoms with Gasteiger partial charge < -0.3 is 20.2 Å². The Labute approximate surface area is 150 Å². The van der Waals surface area contributed by atoms with Gasteiger partial charge in [-0.2, -0.15) is 0 Å². The molecule has 26 heavy (non-hydrogen) atoms. The molecule has 2 aromatic rings. The predicted octanol–water partition coefficient (Wildman–Crippen LogP) is 0.593. The third kappa shape index (κ3) is 4.60. The standard InChI is InChI=1S/C18H23N3O5/c1-20(2)21-11-15(18(24)25)17(23)14-10-13(5-6-16(14)21)4-3-8-26-9-7-19-12-22/h5-6,10-12H,3-4,7-9H2,1-2H3,(H,19,22)(H,24,25). The minimum atomic E-state index is -1.24. The molecule has 0 saturated carbocycles. The molecular formula is C18H23N3O5. The lowest BCUT2D eigenvalue weighted by Gasteiger charge is -2.20. The Morgan fingerprint density at radius 3 is 2.77 bits per heavy atom. The monoisotopic (exact) mass is 361 g/mol. The third-order valence-corrected chi connectivity index (χ3v) is 3.94. The van der Waals surface area contributed by atoms with Crippen molar-refractivity contribution in [1.29, 1.82) is 0 Å². The van der Waals surface area contributed by atoms with Crippen molar-refractivity contribution in [2.75, 3.05) is 38.9 Å². The van der Waals surface area contributed by atoms with Crippen LogP contribution < -0.4 is 15.8 Å². The van der Waals surface area contributed by atoms with Gasteiger partial charge in [0.25, 0.3) is 0 Å². The fourth-order valence-electron chi connectivity index (χ4n) is 2.67. The van der Waals surface area contributed by atoms with E-state index in [0.29, 0.717) is 43.5 Å². The molecule has 1 amide bonds. The van der Waals surface area contributed by atoms with Crippen molar-refractivity contribution < 1.29 is 19.4 Å². The van der Waals surface area contributed by atoms with Crippen LogP contribution in [0.5, 0.6) is 0 Å². The summed E-state index contributed by atoms with van der Waals surface area (Å²) in [4.78, 5) is 34.0. The fourth-order valence-corrected chi connectivity index (χ4v) is 2.67. The normalized spacial score (nSPS) is 10.7. The lowest BCUT2D eigenvalue weighted by molar-refractivity contribution is -0.109. The van der Waals surface area contributed by atoms with Crippen molar-refractivity contribution in [3.8, 4) is 0 Å². The molecule has 1 heterocycles. The van der Waals surface area contributed by atoms with E-state index in [9.17, 15) is 19.5 Å². The Bertz CT molecular complexity index is 845. The SMILES string of the molecule is CN(C)n1cc(C(=O)O)c(=O)c2cc(CCCOCCNC=O)ccc21. The zero-order chi connectivity index (χ0) is 19.1. The van der Waals surface area contributed by atoms with Crippen LogP contribution in [0.25, 0.3) is 10.9 Å². The van der Waals surface area contributed by atoms with E-state index in [1.807, 2.05) is 12.1 Å². The number of rotatable bonds is 10. The number of aryl methyl sites for hydroxylation is 1. The summed E-state index contributed by atoms with van der Waals surface area (Å²) in [5.41, 5.74) is 0.861. The molecule has 0 bridgehead atoms. The molecule has 0 fully saturated rings. The molecule has 140 valence electrons. The minimum Gasteiger partial charge on any atom is -0.477 e. The topological polar surface area (TPSA) is 101 Å². The van der Waals surface area contributed by atoms with Crippen LogP contribution in [0.3, 0.4) is 0 Å². The summed E-state index contributed by atoms with van der Waals surface area (Å²) >= 11 is 0. The van der Waals surface area contributed by atoms with Crippen LogP contribution >= 0.6 is 0 Å². The quantitative estimate of drug-likeness (QED) is 0.475. The predicted molar refractivity (Wildman–Crippen MR) is 98.4 cm³/mol.